The van der Waals surface area contributed by atoms with E-state index in [0.29, 0.717) is 45.1 Å². The summed E-state index contributed by atoms with van der Waals surface area (Å²) in [6, 6.07) is 29.2. The number of amides is 7. The molecule has 6 N–H and O–H groups in total. The zero-order valence-corrected chi connectivity index (χ0v) is 46.8. The van der Waals surface area contributed by atoms with E-state index in [1.165, 1.54) is 146 Å². The summed E-state index contributed by atoms with van der Waals surface area (Å²) in [4.78, 5) is 141. The number of benzene rings is 6. The van der Waals surface area contributed by atoms with Crippen molar-refractivity contribution in [2.45, 2.75) is 23.5 Å². The normalized spacial score (nSPS) is 21.1. The maximum Gasteiger partial charge on any atom is 0.343 e. The van der Waals surface area contributed by atoms with Crippen molar-refractivity contribution in [2.75, 3.05) is 6.61 Å². The summed E-state index contributed by atoms with van der Waals surface area (Å²) in [5, 5.41) is 29.7. The van der Waals surface area contributed by atoms with Crippen LogP contribution in [0.5, 0.6) is 28.7 Å². The number of ether oxygens (including phenoxy) is 5. The largest absolute Gasteiger partial charge is 0.486 e. The van der Waals surface area contributed by atoms with Crippen molar-refractivity contribution in [3.63, 3.8) is 0 Å². The Labute approximate surface area is 500 Å². The predicted octanol–water partition coefficient (Wildman–Crippen LogP) is 7.83. The van der Waals surface area contributed by atoms with Gasteiger partial charge in [0.25, 0.3) is 39.3 Å². The number of esters is 4. The lowest BCUT2D eigenvalue weighted by Gasteiger charge is -2.37. The van der Waals surface area contributed by atoms with Crippen molar-refractivity contribution >= 4 is 135 Å². The van der Waals surface area contributed by atoms with Gasteiger partial charge in [-0.25, -0.2) is 19.2 Å². The van der Waals surface area contributed by atoms with Crippen LogP contribution < -0.4 is 45.0 Å². The molecule has 0 radical (unpaired) electrons. The van der Waals surface area contributed by atoms with Gasteiger partial charge in [-0.2, -0.15) is 0 Å². The molecule has 0 saturated carbocycles. The van der Waals surface area contributed by atoms with Crippen molar-refractivity contribution in [1.82, 2.24) is 21.3 Å². The number of imide groups is 3. The summed E-state index contributed by atoms with van der Waals surface area (Å²) in [6.07, 6.45) is 5.80. The molecule has 22 nitrogen and oxygen atoms in total. The van der Waals surface area contributed by atoms with E-state index in [2.05, 4.69) is 21.3 Å². The molecule has 4 fully saturated rings. The van der Waals surface area contributed by atoms with Crippen LogP contribution in [-0.4, -0.2) is 91.2 Å². The van der Waals surface area contributed by atoms with Gasteiger partial charge < -0.3 is 39.2 Å². The Morgan fingerprint density at radius 1 is 0.488 bits per heavy atom. The van der Waals surface area contributed by atoms with Crippen molar-refractivity contribution in [3.8, 4) is 28.7 Å². The van der Waals surface area contributed by atoms with Gasteiger partial charge in [-0.05, 0) is 160 Å². The van der Waals surface area contributed by atoms with Crippen LogP contribution in [0.4, 0.5) is 14.4 Å². The molecule has 6 aliphatic rings. The minimum absolute atomic E-state index is 0.00437. The Morgan fingerprint density at radius 3 is 1.28 bits per heavy atom. The Morgan fingerprint density at radius 2 is 0.884 bits per heavy atom. The Hall–Kier alpha value is -9.83. The summed E-state index contributed by atoms with van der Waals surface area (Å²) in [5.74, 6) is -8.26. The molecule has 0 spiro atoms. The van der Waals surface area contributed by atoms with Crippen LogP contribution in [0.2, 0.25) is 0 Å². The third kappa shape index (κ3) is 11.7. The fourth-order valence-electron chi connectivity index (χ4n) is 9.67. The molecule has 7 amide bonds. The minimum atomic E-state index is -1.76. The first kappa shape index (κ1) is 56.6. The molecule has 1 unspecified atom stereocenters. The van der Waals surface area contributed by atoms with E-state index >= 15 is 0 Å². The van der Waals surface area contributed by atoms with Gasteiger partial charge >= 0.3 is 23.9 Å². The van der Waals surface area contributed by atoms with Crippen LogP contribution in [0.25, 0.3) is 24.3 Å². The van der Waals surface area contributed by atoms with Crippen molar-refractivity contribution < 1.29 is 86.6 Å². The van der Waals surface area contributed by atoms with Gasteiger partial charge in [0.15, 0.2) is 28.6 Å². The van der Waals surface area contributed by atoms with Crippen molar-refractivity contribution in [3.05, 3.63) is 202 Å². The van der Waals surface area contributed by atoms with Gasteiger partial charge in [0.05, 0.1) is 41.9 Å². The zero-order chi connectivity index (χ0) is 60.1. The molecule has 6 aromatic carbocycles. The molecule has 5 heterocycles. The number of carbonyl (C=O) groups excluding carboxylic acids is 11. The molecule has 428 valence electrons. The maximum absolute atomic E-state index is 14.2. The van der Waals surface area contributed by atoms with Gasteiger partial charge in [0.2, 0.25) is 5.75 Å². The average molecular weight is 1230 g/mol. The highest BCUT2D eigenvalue weighted by Crippen LogP contribution is 2.57. The summed E-state index contributed by atoms with van der Waals surface area (Å²) in [6.45, 7) is -0.457. The van der Waals surface area contributed by atoms with Crippen molar-refractivity contribution in [1.29, 1.82) is 0 Å². The number of fused-ring (bicyclic) bond motifs is 5. The van der Waals surface area contributed by atoms with Gasteiger partial charge in [-0.15, -0.1) is 0 Å². The number of aliphatic hydroxyl groups excluding tert-OH is 1. The van der Waals surface area contributed by atoms with Gasteiger partial charge in [0.1, 0.15) is 12.2 Å². The average Bonchev–Trinajstić information content (AvgIpc) is 1.60. The molecule has 0 bridgehead atoms. The summed E-state index contributed by atoms with van der Waals surface area (Å²) in [5.41, 5.74) is 0.141. The van der Waals surface area contributed by atoms with E-state index < -0.39 is 86.9 Å². The monoisotopic (exact) mass is 1230 g/mol. The number of nitrogens with one attached hydrogen (secondary N) is 4. The molecule has 1 aliphatic carbocycles. The highest BCUT2D eigenvalue weighted by molar-refractivity contribution is 8.19. The Balaban J connectivity index is 0.888. The molecular weight excluding hydrogens is 1190 g/mol. The SMILES string of the molecule is O=C1NC(=O)/C(=C/c2ccc(C(=O)Oc3cc4c(cc3OC(=O)c3ccc(/C=C5\SC(=O)NC5=O)cc3)[C@@H]3c5ccc(OC(=O)c6ccc(/C=C7\SC(=O)NC7=O)cc6)c(OC(=O)c6ccc(/C=C7\SC(O)NC7=O)cc6)c5OC[C@]3(O)C4)cc2)S1. The van der Waals surface area contributed by atoms with Gasteiger partial charge in [-0.1, -0.05) is 66.4 Å². The highest BCUT2D eigenvalue weighted by Gasteiger charge is 2.52. The number of carbonyl (C=O) groups is 11. The highest BCUT2D eigenvalue weighted by atomic mass is 32.2. The standard InChI is InChI=1S/C60H36N4O18S4/c65-48-41(83-56(73)61-48)19-27-1-9-31(10-2-27)52(69)79-38-18-17-36-45-37-24-40(81-54(71)33-13-5-29(6-14-33)21-43-50(67)63-58(75)85-43)39(80-53(70)32-11-3-28(4-12-32)20-42-49(66)62-57(74)84-42)23-35(37)25-60(45,77)26-78-46(36)47(38)82-55(72)34-15-7-30(8-16-34)22-44-51(68)64-59(76)86-44/h1-24,45,59,76-77H,25-26H2,(H,64,68)(H,61,65,73)(H,62,66,74)(H,63,67,75)/b41-19-,42-20-,43-21-,44-22-/t45-,59?,60+/m0/s1. The fourth-order valence-corrected chi connectivity index (χ4v) is 12.5. The Kier molecular flexibility index (Phi) is 15.1. The van der Waals surface area contributed by atoms with Crippen LogP contribution in [0.3, 0.4) is 0 Å². The first-order valence-corrected chi connectivity index (χ1v) is 28.7. The van der Waals surface area contributed by atoms with Crippen LogP contribution in [0.15, 0.2) is 141 Å². The lowest BCUT2D eigenvalue weighted by molar-refractivity contribution is -0.118. The minimum Gasteiger partial charge on any atom is -0.486 e. The number of hydrogen-bond donors (Lipinski definition) is 6. The molecule has 5 aliphatic heterocycles. The third-order valence-corrected chi connectivity index (χ3v) is 17.0. The summed E-state index contributed by atoms with van der Waals surface area (Å²) in [7, 11) is 0. The van der Waals surface area contributed by atoms with Gasteiger partial charge in [0, 0.05) is 17.9 Å². The Bertz CT molecular complexity index is 4180. The predicted molar refractivity (Wildman–Crippen MR) is 312 cm³/mol. The smallest absolute Gasteiger partial charge is 0.343 e. The lowest BCUT2D eigenvalue weighted by atomic mass is 9.80. The summed E-state index contributed by atoms with van der Waals surface area (Å²) >= 11 is 3.06. The van der Waals surface area contributed by atoms with E-state index in [-0.39, 0.29) is 82.6 Å². The zero-order valence-electron chi connectivity index (χ0n) is 43.5. The summed E-state index contributed by atoms with van der Waals surface area (Å²) < 4.78 is 30.2. The molecule has 4 saturated heterocycles. The third-order valence-electron chi connectivity index (χ3n) is 13.7. The van der Waals surface area contributed by atoms with Crippen LogP contribution in [0.1, 0.15) is 86.3 Å². The number of aliphatic hydroxyl groups is 2. The lowest BCUT2D eigenvalue weighted by Crippen LogP contribution is -2.44. The first-order chi connectivity index (χ1) is 41.3. The topological polar surface area (TPSA) is 322 Å². The van der Waals surface area contributed by atoms with E-state index in [9.17, 15) is 63.0 Å². The quantitative estimate of drug-likeness (QED) is 0.0386. The fraction of sp³-hybridized carbons (Fsp3) is 0.0833. The van der Waals surface area contributed by atoms with Crippen LogP contribution >= 0.6 is 47.0 Å². The van der Waals surface area contributed by atoms with E-state index in [1.54, 1.807) is 0 Å². The first-order valence-electron chi connectivity index (χ1n) is 25.4. The second-order valence-corrected chi connectivity index (χ2v) is 23.5. The second kappa shape index (κ2) is 23.0. The number of hydrogen-bond acceptors (Lipinski definition) is 22. The van der Waals surface area contributed by atoms with Crippen LogP contribution in [0, 0.1) is 0 Å². The van der Waals surface area contributed by atoms with E-state index in [4.69, 9.17) is 23.7 Å². The molecule has 0 aromatic heterocycles. The molecule has 86 heavy (non-hydrogen) atoms. The van der Waals surface area contributed by atoms with E-state index in [1.807, 2.05) is 0 Å². The molecule has 26 heteroatoms. The van der Waals surface area contributed by atoms with Gasteiger partial charge in [-0.3, -0.25) is 49.5 Å². The van der Waals surface area contributed by atoms with Crippen molar-refractivity contribution in [2.24, 2.45) is 0 Å². The maximum atomic E-state index is 14.2. The molecule has 12 rings (SSSR count). The molecular formula is C60H36N4O18S4. The molecule has 3 atom stereocenters. The number of rotatable bonds is 12. The van der Waals surface area contributed by atoms with E-state index in [0.717, 1.165) is 35.3 Å². The van der Waals surface area contributed by atoms with Crippen LogP contribution in [-0.2, 0) is 25.6 Å². The number of thioether (sulfide) groups is 4. The molecule has 6 aromatic rings. The second-order valence-electron chi connectivity index (χ2n) is 19.4.